The van der Waals surface area contributed by atoms with Crippen molar-refractivity contribution in [1.29, 1.82) is 0 Å². The second kappa shape index (κ2) is 24.0. The smallest absolute Gasteiger partial charge is 0.0702 e. The van der Waals surface area contributed by atoms with Gasteiger partial charge >= 0.3 is 0 Å². The number of nitrogens with zero attached hydrogens (tertiary/aromatic N) is 2. The fraction of sp³-hybridized carbons (Fsp3) is 0.511. The number of hydrogen-bond donors (Lipinski definition) is 0. The van der Waals surface area contributed by atoms with Gasteiger partial charge in [0.25, 0.3) is 0 Å². The molecule has 0 atom stereocenters. The topological polar surface area (TPSA) is 25.8 Å². The number of hydrogen-bond acceptors (Lipinski definition) is 2. The average Bonchev–Trinajstić information content (AvgIpc) is 3.12. The lowest BCUT2D eigenvalue weighted by atomic mass is 10.0. The Morgan fingerprint density at radius 1 is 0.319 bits per heavy atom. The first kappa shape index (κ1) is 38.2. The highest BCUT2D eigenvalue weighted by Gasteiger charge is 2.03. The van der Waals surface area contributed by atoms with Crippen LogP contribution in [0.3, 0.4) is 0 Å². The van der Waals surface area contributed by atoms with Crippen LogP contribution in [0.2, 0.25) is 0 Å². The number of unbranched alkanes of at least 4 members (excludes halogenated alkanes) is 11. The lowest BCUT2D eigenvalue weighted by Gasteiger charge is -2.06. The number of rotatable bonds is 21. The van der Waals surface area contributed by atoms with Gasteiger partial charge in [-0.05, 0) is 79.3 Å². The Bertz CT molecular complexity index is 1300. The van der Waals surface area contributed by atoms with E-state index in [2.05, 4.69) is 123 Å². The average molecular weight is 633 g/mol. The Morgan fingerprint density at radius 2 is 0.681 bits per heavy atom. The van der Waals surface area contributed by atoms with Gasteiger partial charge in [-0.1, -0.05) is 165 Å². The van der Waals surface area contributed by atoms with Gasteiger partial charge in [0.1, 0.15) is 0 Å². The van der Waals surface area contributed by atoms with Crippen LogP contribution in [-0.2, 0) is 25.7 Å². The first-order valence-corrected chi connectivity index (χ1v) is 19.2. The number of aromatic nitrogens is 2. The maximum absolute atomic E-state index is 4.67. The minimum atomic E-state index is 1.08. The van der Waals surface area contributed by atoms with Crippen molar-refractivity contribution in [2.45, 2.75) is 150 Å². The van der Waals surface area contributed by atoms with Crippen LogP contribution in [0.4, 0.5) is 0 Å². The van der Waals surface area contributed by atoms with Crippen LogP contribution in [0, 0.1) is 0 Å². The standard InChI is InChI=1S/C23H33N.C22H31N/c1-3-5-7-8-9-10-12-21-15-18-23(24-19-21)22-16-13-20(14-17-22)11-6-4-2;1-3-5-6-7-8-9-11-20-14-17-22(23-18-20)21-15-12-19(10-4-2)13-16-21/h13-19H,3-12H2,1-2H3;12-18H,3-11H2,1-2H3. The van der Waals surface area contributed by atoms with Crippen LogP contribution < -0.4 is 0 Å². The molecule has 0 spiro atoms. The van der Waals surface area contributed by atoms with E-state index in [-0.39, 0.29) is 0 Å². The minimum Gasteiger partial charge on any atom is -0.256 e. The van der Waals surface area contributed by atoms with E-state index in [1.807, 2.05) is 0 Å². The van der Waals surface area contributed by atoms with Crippen molar-refractivity contribution in [3.05, 3.63) is 107 Å². The molecule has 0 saturated heterocycles. The van der Waals surface area contributed by atoms with Gasteiger partial charge in [-0.3, -0.25) is 9.97 Å². The predicted octanol–water partition coefficient (Wildman–Crippen LogP) is 13.6. The van der Waals surface area contributed by atoms with Gasteiger partial charge in [0.15, 0.2) is 0 Å². The Labute approximate surface area is 288 Å². The number of benzene rings is 2. The summed E-state index contributed by atoms with van der Waals surface area (Å²) in [7, 11) is 0. The van der Waals surface area contributed by atoms with E-state index in [0.29, 0.717) is 0 Å². The van der Waals surface area contributed by atoms with Crippen molar-refractivity contribution in [3.63, 3.8) is 0 Å². The second-order valence-corrected chi connectivity index (χ2v) is 13.4. The zero-order chi connectivity index (χ0) is 33.4. The van der Waals surface area contributed by atoms with Crippen LogP contribution in [0.1, 0.15) is 146 Å². The molecule has 0 amide bonds. The summed E-state index contributed by atoms with van der Waals surface area (Å²) < 4.78 is 0. The van der Waals surface area contributed by atoms with Crippen LogP contribution in [0.15, 0.2) is 85.2 Å². The molecule has 2 aromatic carbocycles. The molecule has 0 aliphatic carbocycles. The van der Waals surface area contributed by atoms with Crippen molar-refractivity contribution in [2.75, 3.05) is 0 Å². The zero-order valence-electron chi connectivity index (χ0n) is 30.4. The van der Waals surface area contributed by atoms with Gasteiger partial charge in [-0.25, -0.2) is 0 Å². The van der Waals surface area contributed by atoms with E-state index in [4.69, 9.17) is 0 Å². The van der Waals surface area contributed by atoms with E-state index < -0.39 is 0 Å². The molecular formula is C45H64N2. The largest absolute Gasteiger partial charge is 0.256 e. The van der Waals surface area contributed by atoms with Gasteiger partial charge in [-0.15, -0.1) is 0 Å². The molecule has 4 rings (SSSR count). The molecule has 0 aliphatic heterocycles. The molecule has 0 N–H and O–H groups in total. The summed E-state index contributed by atoms with van der Waals surface area (Å²) >= 11 is 0. The monoisotopic (exact) mass is 633 g/mol. The molecule has 2 aromatic heterocycles. The summed E-state index contributed by atoms with van der Waals surface area (Å²) in [5.41, 5.74) is 10.2. The van der Waals surface area contributed by atoms with Crippen LogP contribution >= 0.6 is 0 Å². The second-order valence-electron chi connectivity index (χ2n) is 13.4. The lowest BCUT2D eigenvalue weighted by molar-refractivity contribution is 0.607. The van der Waals surface area contributed by atoms with Crippen LogP contribution in [0.25, 0.3) is 22.5 Å². The molecule has 0 bridgehead atoms. The zero-order valence-corrected chi connectivity index (χ0v) is 30.4. The van der Waals surface area contributed by atoms with Crippen molar-refractivity contribution >= 4 is 0 Å². The summed E-state index contributed by atoms with van der Waals surface area (Å²) in [4.78, 5) is 9.32. The molecule has 47 heavy (non-hydrogen) atoms. The Kier molecular flexibility index (Phi) is 19.5. The molecule has 0 radical (unpaired) electrons. The Hall–Kier alpha value is -3.26. The van der Waals surface area contributed by atoms with E-state index in [0.717, 1.165) is 30.7 Å². The Morgan fingerprint density at radius 3 is 1.06 bits per heavy atom. The summed E-state index contributed by atoms with van der Waals surface area (Å²) in [5, 5.41) is 0. The summed E-state index contributed by atoms with van der Waals surface area (Å²) in [6.45, 7) is 9.00. The van der Waals surface area contributed by atoms with Crippen molar-refractivity contribution in [1.82, 2.24) is 9.97 Å². The third-order valence-corrected chi connectivity index (χ3v) is 9.14. The molecule has 2 nitrogen and oxygen atoms in total. The van der Waals surface area contributed by atoms with Gasteiger partial charge in [0.2, 0.25) is 0 Å². The quantitative estimate of drug-likeness (QED) is 0.0854. The normalized spacial score (nSPS) is 10.9. The van der Waals surface area contributed by atoms with Crippen molar-refractivity contribution < 1.29 is 0 Å². The highest BCUT2D eigenvalue weighted by atomic mass is 14.7. The van der Waals surface area contributed by atoms with Gasteiger partial charge in [0, 0.05) is 23.5 Å². The van der Waals surface area contributed by atoms with E-state index in [1.54, 1.807) is 0 Å². The van der Waals surface area contributed by atoms with Crippen molar-refractivity contribution in [2.24, 2.45) is 0 Å². The van der Waals surface area contributed by atoms with E-state index >= 15 is 0 Å². The molecule has 4 aromatic rings. The van der Waals surface area contributed by atoms with Crippen LogP contribution in [-0.4, -0.2) is 9.97 Å². The molecule has 2 heteroatoms. The summed E-state index contributed by atoms with van der Waals surface area (Å²) in [5.74, 6) is 0. The van der Waals surface area contributed by atoms with E-state index in [9.17, 15) is 0 Å². The van der Waals surface area contributed by atoms with Gasteiger partial charge in [0.05, 0.1) is 11.4 Å². The Balaban J connectivity index is 0.000000256. The maximum Gasteiger partial charge on any atom is 0.0702 e. The predicted molar refractivity (Wildman–Crippen MR) is 206 cm³/mol. The number of pyridine rings is 2. The highest BCUT2D eigenvalue weighted by Crippen LogP contribution is 2.21. The molecule has 0 aliphatic rings. The fourth-order valence-electron chi connectivity index (χ4n) is 6.06. The van der Waals surface area contributed by atoms with Crippen molar-refractivity contribution in [3.8, 4) is 22.5 Å². The number of aryl methyl sites for hydroxylation is 4. The first-order valence-electron chi connectivity index (χ1n) is 19.2. The SMILES string of the molecule is CCCCCCCCc1ccc(-c2ccc(CCC)cc2)nc1.CCCCCCCCc1ccc(-c2ccc(CCCC)cc2)nc1. The maximum atomic E-state index is 4.67. The van der Waals surface area contributed by atoms with Crippen LogP contribution in [0.5, 0.6) is 0 Å². The molecule has 254 valence electrons. The molecular weight excluding hydrogens is 569 g/mol. The third kappa shape index (κ3) is 15.5. The first-order chi connectivity index (χ1) is 23.2. The molecule has 0 fully saturated rings. The molecule has 2 heterocycles. The molecule has 0 unspecified atom stereocenters. The third-order valence-electron chi connectivity index (χ3n) is 9.14. The minimum absolute atomic E-state index is 1.08. The fourth-order valence-corrected chi connectivity index (χ4v) is 6.06. The van der Waals surface area contributed by atoms with Gasteiger partial charge < -0.3 is 0 Å². The summed E-state index contributed by atoms with van der Waals surface area (Å²) in [6, 6.07) is 26.6. The lowest BCUT2D eigenvalue weighted by Crippen LogP contribution is -1.90. The van der Waals surface area contributed by atoms with Gasteiger partial charge in [-0.2, -0.15) is 0 Å². The summed E-state index contributed by atoms with van der Waals surface area (Å²) in [6.07, 6.45) is 28.7. The highest BCUT2D eigenvalue weighted by molar-refractivity contribution is 5.60. The van der Waals surface area contributed by atoms with E-state index in [1.165, 1.54) is 136 Å². The molecule has 0 saturated carbocycles.